The van der Waals surface area contributed by atoms with Crippen LogP contribution in [-0.2, 0) is 40.5 Å². The van der Waals surface area contributed by atoms with Gasteiger partial charge in [0, 0.05) is 17.1 Å². The van der Waals surface area contributed by atoms with E-state index in [1.54, 1.807) is 0 Å². The van der Waals surface area contributed by atoms with E-state index in [9.17, 15) is 51.9 Å². The Balaban J connectivity index is 0.00000314. The summed E-state index contributed by atoms with van der Waals surface area (Å²) in [5.74, 6) is -0.608. The van der Waals surface area contributed by atoms with Crippen molar-refractivity contribution in [3.05, 3.63) is 91.0 Å². The first kappa shape index (κ1) is 53.7. The molecule has 0 spiro atoms. The molecule has 0 aliphatic rings. The molecular weight excluding hydrogens is 868 g/mol. The van der Waals surface area contributed by atoms with Crippen LogP contribution in [0.5, 0.6) is 0 Å². The normalized spacial score (nSPS) is 11.4. The second-order valence-corrected chi connectivity index (χ2v) is 16.0. The van der Waals surface area contributed by atoms with Crippen molar-refractivity contribution in [1.29, 1.82) is 0 Å². The van der Waals surface area contributed by atoms with E-state index in [-0.39, 0.29) is 193 Å². The molecule has 0 unspecified atom stereocenters. The van der Waals surface area contributed by atoms with Crippen molar-refractivity contribution in [1.82, 2.24) is 15.0 Å². The first-order valence-corrected chi connectivity index (χ1v) is 19.4. The molecule has 0 saturated carbocycles. The van der Waals surface area contributed by atoms with E-state index in [2.05, 4.69) is 37.0 Å². The molecular formula is C29H17N6Na5O12S4. The van der Waals surface area contributed by atoms with E-state index >= 15 is 0 Å². The first-order valence-electron chi connectivity index (χ1n) is 13.8. The zero-order valence-electron chi connectivity index (χ0n) is 30.0. The SMILES string of the molecule is O=S(=O)([O-])c1cccc(Nc2nc(Nc3ccc4c(S(=O)(=O)[O-])c[c-]cc4c3)nc(Nc3ccc4c(S(=O)(=O)[O-])cc(S(=O)(=O)[O-])cc4c3)n2)c1.[Na+].[Na+].[Na+].[Na+].[Na+]. The molecule has 0 saturated heterocycles. The standard InChI is InChI=1S/C29H21N6O12S4.5Na/c36-48(37,38)21-5-2-4-18(14-21)30-27-33-28(31-19-7-9-23-16(11-19)3-1-6-25(23)50(42,43)44)35-29(34-27)32-20-8-10-24-17(12-20)13-22(49(39,40)41)15-26(24)51(45,46)47;;;;;/h2-15H,(H,36,37,38)(H,39,40,41)(H,42,43,44)(H,45,46,47)(H3,30,31,32,33,34,35);;;;;/q-1;5*+1/p-4. The number of nitrogens with one attached hydrogen (secondary N) is 3. The maximum absolute atomic E-state index is 11.9. The van der Waals surface area contributed by atoms with Gasteiger partial charge in [0.25, 0.3) is 0 Å². The van der Waals surface area contributed by atoms with E-state index in [1.807, 2.05) is 0 Å². The van der Waals surface area contributed by atoms with Crippen molar-refractivity contribution in [2.24, 2.45) is 0 Å². The molecule has 18 nitrogen and oxygen atoms in total. The molecule has 0 fully saturated rings. The smallest absolute Gasteiger partial charge is 0.754 e. The molecule has 56 heavy (non-hydrogen) atoms. The second-order valence-electron chi connectivity index (χ2n) is 10.5. The number of fused-ring (bicyclic) bond motifs is 2. The number of hydrogen-bond donors (Lipinski definition) is 3. The third kappa shape index (κ3) is 13.3. The van der Waals surface area contributed by atoms with Crippen LogP contribution in [0.25, 0.3) is 21.5 Å². The fraction of sp³-hybridized carbons (Fsp3) is 0. The summed E-state index contributed by atoms with van der Waals surface area (Å²) in [6.07, 6.45) is 0. The molecule has 1 heterocycles. The number of anilines is 6. The summed E-state index contributed by atoms with van der Waals surface area (Å²) in [5, 5.41) is 8.57. The fourth-order valence-corrected chi connectivity index (χ4v) is 7.39. The van der Waals surface area contributed by atoms with Crippen molar-refractivity contribution < 1.29 is 200 Å². The largest absolute Gasteiger partial charge is 1.00 e. The molecule has 1 aromatic heterocycles. The van der Waals surface area contributed by atoms with Crippen LogP contribution >= 0.6 is 0 Å². The van der Waals surface area contributed by atoms with Crippen LogP contribution in [0, 0.1) is 6.07 Å². The van der Waals surface area contributed by atoms with Crippen molar-refractivity contribution >= 4 is 96.9 Å². The van der Waals surface area contributed by atoms with Crippen molar-refractivity contribution in [3.8, 4) is 0 Å². The van der Waals surface area contributed by atoms with Crippen LogP contribution in [0.4, 0.5) is 34.9 Å². The third-order valence-corrected chi connectivity index (χ3v) is 10.4. The minimum absolute atomic E-state index is 0. The molecule has 6 aromatic rings. The Morgan fingerprint density at radius 2 is 0.893 bits per heavy atom. The molecule has 0 amide bonds. The van der Waals surface area contributed by atoms with E-state index in [1.165, 1.54) is 54.6 Å². The molecule has 5 aromatic carbocycles. The van der Waals surface area contributed by atoms with Gasteiger partial charge < -0.3 is 34.2 Å². The summed E-state index contributed by atoms with van der Waals surface area (Å²) >= 11 is 0. The molecule has 0 radical (unpaired) electrons. The summed E-state index contributed by atoms with van der Waals surface area (Å²) in [6.45, 7) is 0. The van der Waals surface area contributed by atoms with Crippen molar-refractivity contribution in [2.45, 2.75) is 19.6 Å². The van der Waals surface area contributed by atoms with Gasteiger partial charge in [0.15, 0.2) is 0 Å². The van der Waals surface area contributed by atoms with Crippen LogP contribution in [0.3, 0.4) is 0 Å². The molecule has 0 aliphatic heterocycles. The Hall–Kier alpha value is -0.330. The second kappa shape index (κ2) is 21.0. The van der Waals surface area contributed by atoms with E-state index in [0.717, 1.165) is 24.3 Å². The minimum atomic E-state index is -5.22. The van der Waals surface area contributed by atoms with Crippen molar-refractivity contribution in [3.63, 3.8) is 0 Å². The predicted molar refractivity (Wildman–Crippen MR) is 175 cm³/mol. The Kier molecular flexibility index (Phi) is 20.1. The van der Waals surface area contributed by atoms with Crippen LogP contribution < -0.4 is 164 Å². The molecule has 3 N–H and O–H groups in total. The molecule has 6 rings (SSSR count). The summed E-state index contributed by atoms with van der Waals surface area (Å²) in [6, 6.07) is 19.2. The average molecular weight is 885 g/mol. The monoisotopic (exact) mass is 884 g/mol. The Labute approximate surface area is 431 Å². The Morgan fingerprint density at radius 3 is 1.36 bits per heavy atom. The topological polar surface area (TPSA) is 304 Å². The van der Waals surface area contributed by atoms with E-state index in [4.69, 9.17) is 0 Å². The molecule has 0 aliphatic carbocycles. The van der Waals surface area contributed by atoms with Crippen LogP contribution in [0.2, 0.25) is 0 Å². The van der Waals surface area contributed by atoms with Crippen LogP contribution in [0.15, 0.2) is 105 Å². The number of rotatable bonds is 10. The summed E-state index contributed by atoms with van der Waals surface area (Å²) in [5.41, 5.74) is 0.473. The van der Waals surface area contributed by atoms with Crippen molar-refractivity contribution in [2.75, 3.05) is 16.0 Å². The van der Waals surface area contributed by atoms with Gasteiger partial charge in [-0.2, -0.15) is 33.2 Å². The maximum atomic E-state index is 11.9. The van der Waals surface area contributed by atoms with Gasteiger partial charge in [0.05, 0.1) is 24.8 Å². The summed E-state index contributed by atoms with van der Waals surface area (Å²) < 4.78 is 141. The van der Waals surface area contributed by atoms with Gasteiger partial charge in [0.2, 0.25) is 17.8 Å². The molecule has 264 valence electrons. The fourth-order valence-electron chi connectivity index (χ4n) is 4.87. The van der Waals surface area contributed by atoms with Gasteiger partial charge >= 0.3 is 148 Å². The maximum Gasteiger partial charge on any atom is 1.00 e. The number of aromatic nitrogens is 3. The minimum Gasteiger partial charge on any atom is -0.754 e. The number of benzene rings is 5. The van der Waals surface area contributed by atoms with Gasteiger partial charge in [0.1, 0.15) is 30.4 Å². The average Bonchev–Trinajstić information content (AvgIpc) is 3.02. The molecule has 0 atom stereocenters. The molecule has 0 bridgehead atoms. The van der Waals surface area contributed by atoms with Crippen LogP contribution in [0.1, 0.15) is 0 Å². The van der Waals surface area contributed by atoms with E-state index < -0.39 is 60.1 Å². The summed E-state index contributed by atoms with van der Waals surface area (Å²) in [4.78, 5) is 9.82. The summed E-state index contributed by atoms with van der Waals surface area (Å²) in [7, 11) is -20.0. The third-order valence-electron chi connectivity index (χ3n) is 7.01. The van der Waals surface area contributed by atoms with E-state index in [0.29, 0.717) is 17.1 Å². The number of hydrogen-bond acceptors (Lipinski definition) is 18. The van der Waals surface area contributed by atoms with Gasteiger partial charge in [-0.25, -0.2) is 25.3 Å². The Morgan fingerprint density at radius 1 is 0.446 bits per heavy atom. The van der Waals surface area contributed by atoms with Gasteiger partial charge in [-0.15, -0.1) is 10.8 Å². The van der Waals surface area contributed by atoms with Crippen LogP contribution in [-0.4, -0.2) is 66.8 Å². The quantitative estimate of drug-likeness (QED) is 0.0654. The predicted octanol–water partition coefficient (Wildman–Crippen LogP) is -12.2. The molecule has 27 heteroatoms. The zero-order chi connectivity index (χ0) is 36.9. The number of nitrogens with zero attached hydrogens (tertiary/aromatic N) is 3. The van der Waals surface area contributed by atoms with Gasteiger partial charge in [-0.1, -0.05) is 24.3 Å². The Bertz CT molecular complexity index is 2880. The first-order chi connectivity index (χ1) is 23.7. The van der Waals surface area contributed by atoms with Gasteiger partial charge in [-0.3, -0.25) is 8.42 Å². The van der Waals surface area contributed by atoms with Gasteiger partial charge in [-0.05, 0) is 64.2 Å². The zero-order valence-corrected chi connectivity index (χ0v) is 43.2.